The van der Waals surface area contributed by atoms with Gasteiger partial charge in [-0.1, -0.05) is 11.6 Å². The molecular formula is C8H8ClN5. The van der Waals surface area contributed by atoms with Crippen molar-refractivity contribution in [2.45, 2.75) is 6.92 Å². The predicted molar refractivity (Wildman–Crippen MR) is 53.3 cm³/mol. The van der Waals surface area contributed by atoms with Crippen LogP contribution in [0.5, 0.6) is 0 Å². The van der Waals surface area contributed by atoms with E-state index in [0.29, 0.717) is 22.4 Å². The Hall–Kier alpha value is -1.62. The van der Waals surface area contributed by atoms with Crippen LogP contribution in [-0.4, -0.2) is 20.0 Å². The average Bonchev–Trinajstić information content (AvgIpc) is 2.48. The van der Waals surface area contributed by atoms with Crippen LogP contribution in [0.4, 0.5) is 5.82 Å². The van der Waals surface area contributed by atoms with E-state index in [2.05, 4.69) is 15.2 Å². The molecule has 0 saturated carbocycles. The Balaban J connectivity index is 2.55. The molecule has 0 bridgehead atoms. The Morgan fingerprint density at radius 3 is 2.79 bits per heavy atom. The summed E-state index contributed by atoms with van der Waals surface area (Å²) in [5, 5.41) is 8.54. The first kappa shape index (κ1) is 8.96. The molecule has 14 heavy (non-hydrogen) atoms. The van der Waals surface area contributed by atoms with E-state index in [1.165, 1.54) is 4.80 Å². The number of rotatable bonds is 1. The summed E-state index contributed by atoms with van der Waals surface area (Å²) >= 11 is 5.92. The normalized spacial score (nSPS) is 10.4. The molecule has 2 rings (SSSR count). The highest BCUT2D eigenvalue weighted by Gasteiger charge is 2.08. The number of halogens is 1. The highest BCUT2D eigenvalue weighted by Crippen LogP contribution is 2.16. The smallest absolute Gasteiger partial charge is 0.193 e. The highest BCUT2D eigenvalue weighted by molar-refractivity contribution is 6.32. The van der Waals surface area contributed by atoms with E-state index < -0.39 is 0 Å². The summed E-state index contributed by atoms with van der Waals surface area (Å²) in [5.41, 5.74) is 6.22. The van der Waals surface area contributed by atoms with Crippen LogP contribution in [0.1, 0.15) is 5.69 Å². The Labute approximate surface area is 85.5 Å². The van der Waals surface area contributed by atoms with E-state index in [1.54, 1.807) is 25.3 Å². The van der Waals surface area contributed by atoms with Gasteiger partial charge in [0.25, 0.3) is 0 Å². The van der Waals surface area contributed by atoms with E-state index in [-0.39, 0.29) is 0 Å². The molecule has 0 fully saturated rings. The van der Waals surface area contributed by atoms with Gasteiger partial charge in [-0.2, -0.15) is 0 Å². The second kappa shape index (κ2) is 3.26. The molecule has 0 radical (unpaired) electrons. The fraction of sp³-hybridized carbons (Fsp3) is 0.125. The molecule has 5 nitrogen and oxygen atoms in total. The fourth-order valence-corrected chi connectivity index (χ4v) is 1.21. The minimum atomic E-state index is 0.381. The van der Waals surface area contributed by atoms with Crippen molar-refractivity contribution in [3.05, 3.63) is 29.0 Å². The number of hydrogen-bond donors (Lipinski definition) is 1. The van der Waals surface area contributed by atoms with Crippen molar-refractivity contribution in [1.29, 1.82) is 0 Å². The maximum atomic E-state index is 5.92. The average molecular weight is 210 g/mol. The quantitative estimate of drug-likeness (QED) is 0.767. The molecule has 2 aromatic heterocycles. The molecule has 0 amide bonds. The van der Waals surface area contributed by atoms with E-state index in [9.17, 15) is 0 Å². The molecule has 0 unspecified atom stereocenters. The number of nitrogens with two attached hydrogens (primary N) is 1. The van der Waals surface area contributed by atoms with Crippen LogP contribution in [0.25, 0.3) is 5.82 Å². The van der Waals surface area contributed by atoms with Crippen molar-refractivity contribution in [2.75, 3.05) is 5.73 Å². The third-order valence-electron chi connectivity index (χ3n) is 1.75. The molecule has 0 atom stereocenters. The monoisotopic (exact) mass is 209 g/mol. The lowest BCUT2D eigenvalue weighted by molar-refractivity contribution is 0.726. The Morgan fingerprint density at radius 2 is 2.21 bits per heavy atom. The third-order valence-corrected chi connectivity index (χ3v) is 2.04. The lowest BCUT2D eigenvalue weighted by Crippen LogP contribution is -2.02. The number of nitrogen functional groups attached to an aromatic ring is 1. The Kier molecular flexibility index (Phi) is 2.09. The zero-order chi connectivity index (χ0) is 10.1. The van der Waals surface area contributed by atoms with Crippen molar-refractivity contribution < 1.29 is 0 Å². The van der Waals surface area contributed by atoms with Crippen molar-refractivity contribution >= 4 is 17.4 Å². The van der Waals surface area contributed by atoms with E-state index >= 15 is 0 Å². The second-order valence-corrected chi connectivity index (χ2v) is 3.18. The van der Waals surface area contributed by atoms with Gasteiger partial charge in [0, 0.05) is 6.20 Å². The van der Waals surface area contributed by atoms with Gasteiger partial charge in [0.05, 0.1) is 5.02 Å². The number of pyridine rings is 1. The van der Waals surface area contributed by atoms with Crippen LogP contribution < -0.4 is 5.73 Å². The molecule has 0 saturated heterocycles. The molecule has 0 spiro atoms. The highest BCUT2D eigenvalue weighted by atomic mass is 35.5. The SMILES string of the molecule is Cc1nn(-c2ncccc2Cl)nc1N. The summed E-state index contributed by atoms with van der Waals surface area (Å²) in [5.74, 6) is 0.862. The maximum Gasteiger partial charge on any atom is 0.193 e. The van der Waals surface area contributed by atoms with Gasteiger partial charge in [0.2, 0.25) is 0 Å². The standard InChI is InChI=1S/C8H8ClN5/c1-5-7(10)13-14(12-5)8-6(9)3-2-4-11-8/h2-4H,1H3,(H2,10,13). The predicted octanol–water partition coefficient (Wildman–Crippen LogP) is 1.21. The van der Waals surface area contributed by atoms with Crippen LogP contribution in [0, 0.1) is 6.92 Å². The van der Waals surface area contributed by atoms with Crippen molar-refractivity contribution in [3.63, 3.8) is 0 Å². The van der Waals surface area contributed by atoms with Gasteiger partial charge in [-0.05, 0) is 19.1 Å². The van der Waals surface area contributed by atoms with E-state index in [1.807, 2.05) is 0 Å². The minimum Gasteiger partial charge on any atom is -0.381 e. The lowest BCUT2D eigenvalue weighted by atomic mass is 10.5. The number of aryl methyl sites for hydroxylation is 1. The van der Waals surface area contributed by atoms with E-state index in [4.69, 9.17) is 17.3 Å². The summed E-state index contributed by atoms with van der Waals surface area (Å²) in [6.07, 6.45) is 1.62. The lowest BCUT2D eigenvalue weighted by Gasteiger charge is -1.98. The molecule has 0 aromatic carbocycles. The van der Waals surface area contributed by atoms with Gasteiger partial charge in [0.15, 0.2) is 11.6 Å². The summed E-state index contributed by atoms with van der Waals surface area (Å²) in [4.78, 5) is 5.38. The minimum absolute atomic E-state index is 0.381. The number of aromatic nitrogens is 4. The van der Waals surface area contributed by atoms with Crippen LogP contribution in [0.2, 0.25) is 5.02 Å². The molecule has 2 aromatic rings. The topological polar surface area (TPSA) is 69.6 Å². The van der Waals surface area contributed by atoms with Crippen molar-refractivity contribution in [1.82, 2.24) is 20.0 Å². The Bertz CT molecular complexity index is 445. The van der Waals surface area contributed by atoms with Crippen molar-refractivity contribution in [3.8, 4) is 5.82 Å². The van der Waals surface area contributed by atoms with Gasteiger partial charge < -0.3 is 5.73 Å². The summed E-state index contributed by atoms with van der Waals surface area (Å²) in [7, 11) is 0. The molecule has 2 N–H and O–H groups in total. The maximum absolute atomic E-state index is 5.92. The molecule has 72 valence electrons. The van der Waals surface area contributed by atoms with Crippen LogP contribution in [0.3, 0.4) is 0 Å². The molecule has 0 aliphatic heterocycles. The number of hydrogen-bond acceptors (Lipinski definition) is 4. The van der Waals surface area contributed by atoms with Gasteiger partial charge in [-0.15, -0.1) is 15.0 Å². The molecular weight excluding hydrogens is 202 g/mol. The first-order chi connectivity index (χ1) is 6.68. The van der Waals surface area contributed by atoms with Crippen LogP contribution in [0.15, 0.2) is 18.3 Å². The first-order valence-electron chi connectivity index (χ1n) is 3.99. The zero-order valence-corrected chi connectivity index (χ0v) is 8.23. The summed E-state index contributed by atoms with van der Waals surface area (Å²) in [6, 6.07) is 3.46. The van der Waals surface area contributed by atoms with Gasteiger partial charge in [-0.3, -0.25) is 0 Å². The molecule has 0 aliphatic rings. The van der Waals surface area contributed by atoms with E-state index in [0.717, 1.165) is 0 Å². The van der Waals surface area contributed by atoms with Crippen LogP contribution >= 0.6 is 11.6 Å². The summed E-state index contributed by atoms with van der Waals surface area (Å²) < 4.78 is 0. The second-order valence-electron chi connectivity index (χ2n) is 2.77. The number of anilines is 1. The Morgan fingerprint density at radius 1 is 1.43 bits per heavy atom. The molecule has 0 aliphatic carbocycles. The van der Waals surface area contributed by atoms with Crippen LogP contribution in [-0.2, 0) is 0 Å². The third kappa shape index (κ3) is 1.42. The summed E-state index contributed by atoms with van der Waals surface area (Å²) in [6.45, 7) is 1.77. The van der Waals surface area contributed by atoms with Gasteiger partial charge in [-0.25, -0.2) is 4.98 Å². The first-order valence-corrected chi connectivity index (χ1v) is 4.36. The molecule has 2 heterocycles. The number of nitrogens with zero attached hydrogens (tertiary/aromatic N) is 4. The van der Waals surface area contributed by atoms with Gasteiger partial charge >= 0.3 is 0 Å². The zero-order valence-electron chi connectivity index (χ0n) is 7.48. The fourth-order valence-electron chi connectivity index (χ4n) is 1.01. The largest absolute Gasteiger partial charge is 0.381 e. The molecule has 6 heteroatoms. The van der Waals surface area contributed by atoms with Crippen molar-refractivity contribution in [2.24, 2.45) is 0 Å². The van der Waals surface area contributed by atoms with Gasteiger partial charge in [0.1, 0.15) is 5.69 Å².